The van der Waals surface area contributed by atoms with Gasteiger partial charge in [-0.2, -0.15) is 0 Å². The Balaban J connectivity index is 1.43. The van der Waals surface area contributed by atoms with Gasteiger partial charge in [-0.1, -0.05) is 6.07 Å². The Morgan fingerprint density at radius 1 is 1.23 bits per heavy atom. The van der Waals surface area contributed by atoms with Crippen molar-refractivity contribution < 1.29 is 13.6 Å². The third kappa shape index (κ3) is 3.54. The van der Waals surface area contributed by atoms with Crippen LogP contribution in [0.25, 0.3) is 0 Å². The summed E-state index contributed by atoms with van der Waals surface area (Å²) in [6, 6.07) is 10.6. The number of carbonyl (C=O) groups excluding carboxylic acids is 1. The highest BCUT2D eigenvalue weighted by atomic mass is 19.1. The quantitative estimate of drug-likeness (QED) is 0.838. The first-order valence-corrected chi connectivity index (χ1v) is 9.44. The number of aryl methyl sites for hydroxylation is 1. The highest BCUT2D eigenvalue weighted by Gasteiger charge is 2.37. The van der Waals surface area contributed by atoms with E-state index in [1.165, 1.54) is 12.1 Å². The summed E-state index contributed by atoms with van der Waals surface area (Å²) in [5.41, 5.74) is 0.446. The van der Waals surface area contributed by atoms with E-state index in [1.807, 2.05) is 17.9 Å². The molecular weight excluding hydrogens is 331 g/mol. The van der Waals surface area contributed by atoms with Gasteiger partial charge in [0, 0.05) is 24.7 Å². The van der Waals surface area contributed by atoms with Crippen molar-refractivity contribution in [3.63, 3.8) is 0 Å². The van der Waals surface area contributed by atoms with Crippen molar-refractivity contribution in [1.82, 2.24) is 9.80 Å². The fourth-order valence-corrected chi connectivity index (χ4v) is 4.46. The number of hydrogen-bond donors (Lipinski definition) is 0. The number of benzene rings is 1. The van der Waals surface area contributed by atoms with Gasteiger partial charge in [0.05, 0.1) is 6.54 Å². The Kier molecular flexibility index (Phi) is 4.81. The Morgan fingerprint density at radius 3 is 2.88 bits per heavy atom. The lowest BCUT2D eigenvalue weighted by molar-refractivity contribution is 0.0147. The predicted molar refractivity (Wildman–Crippen MR) is 97.3 cm³/mol. The molecule has 2 atom stereocenters. The molecule has 0 unspecified atom stereocenters. The zero-order valence-electron chi connectivity index (χ0n) is 15.2. The van der Waals surface area contributed by atoms with Crippen LogP contribution in [-0.2, 0) is 6.54 Å². The van der Waals surface area contributed by atoms with E-state index >= 15 is 0 Å². The van der Waals surface area contributed by atoms with Crippen LogP contribution in [0.3, 0.4) is 0 Å². The van der Waals surface area contributed by atoms with Gasteiger partial charge in [-0.15, -0.1) is 0 Å². The van der Waals surface area contributed by atoms with Crippen molar-refractivity contribution in [1.29, 1.82) is 0 Å². The number of fused-ring (bicyclic) bond motifs is 1. The molecule has 26 heavy (non-hydrogen) atoms. The van der Waals surface area contributed by atoms with Crippen LogP contribution >= 0.6 is 0 Å². The number of carbonyl (C=O) groups is 1. The van der Waals surface area contributed by atoms with Crippen LogP contribution in [0.1, 0.15) is 41.1 Å². The van der Waals surface area contributed by atoms with Crippen molar-refractivity contribution in [3.05, 3.63) is 59.3 Å². The minimum absolute atomic E-state index is 0.0540. The number of amides is 1. The lowest BCUT2D eigenvalue weighted by atomic mass is 9.83. The van der Waals surface area contributed by atoms with Crippen LogP contribution in [0.15, 0.2) is 40.8 Å². The summed E-state index contributed by atoms with van der Waals surface area (Å²) in [6.45, 7) is 5.38. The van der Waals surface area contributed by atoms with E-state index in [9.17, 15) is 9.18 Å². The molecule has 2 fully saturated rings. The average molecular weight is 356 g/mol. The third-order valence-electron chi connectivity index (χ3n) is 5.70. The summed E-state index contributed by atoms with van der Waals surface area (Å²) in [6.07, 6.45) is 3.25. The maximum atomic E-state index is 13.4. The lowest BCUT2D eigenvalue weighted by Gasteiger charge is -2.47. The normalized spacial score (nSPS) is 23.7. The fraction of sp³-hybridized carbons (Fsp3) is 0.476. The molecule has 2 saturated heterocycles. The monoisotopic (exact) mass is 356 g/mol. The average Bonchev–Trinajstić information content (AvgIpc) is 3.06. The van der Waals surface area contributed by atoms with E-state index < -0.39 is 0 Å². The van der Waals surface area contributed by atoms with Gasteiger partial charge in [0.1, 0.15) is 17.3 Å². The molecule has 1 aromatic carbocycles. The minimum Gasteiger partial charge on any atom is -0.465 e. The Hall–Kier alpha value is -2.14. The van der Waals surface area contributed by atoms with Crippen LogP contribution in [0.4, 0.5) is 4.39 Å². The molecule has 0 aliphatic carbocycles. The Morgan fingerprint density at radius 2 is 2.12 bits per heavy atom. The highest BCUT2D eigenvalue weighted by molar-refractivity contribution is 5.94. The number of furan rings is 1. The van der Waals surface area contributed by atoms with Gasteiger partial charge in [-0.05, 0) is 69.0 Å². The van der Waals surface area contributed by atoms with Crippen LogP contribution in [0, 0.1) is 18.7 Å². The second-order valence-corrected chi connectivity index (χ2v) is 7.50. The zero-order valence-corrected chi connectivity index (χ0v) is 15.2. The topological polar surface area (TPSA) is 36.7 Å². The van der Waals surface area contributed by atoms with E-state index in [1.54, 1.807) is 12.1 Å². The lowest BCUT2D eigenvalue weighted by Crippen LogP contribution is -2.54. The molecule has 0 N–H and O–H groups in total. The summed E-state index contributed by atoms with van der Waals surface area (Å²) in [4.78, 5) is 17.1. The number of halogens is 1. The molecule has 1 amide bonds. The van der Waals surface area contributed by atoms with Gasteiger partial charge in [-0.25, -0.2) is 4.39 Å². The molecule has 2 aliphatic heterocycles. The maximum Gasteiger partial charge on any atom is 0.253 e. The van der Waals surface area contributed by atoms with E-state index in [4.69, 9.17) is 4.42 Å². The molecule has 4 rings (SSSR count). The molecular formula is C21H25FN2O2. The second-order valence-electron chi connectivity index (χ2n) is 7.50. The number of likely N-dealkylation sites (tertiary alicyclic amines) is 2. The van der Waals surface area contributed by atoms with E-state index in [2.05, 4.69) is 11.0 Å². The molecule has 0 saturated carbocycles. The molecule has 3 heterocycles. The molecule has 1 aromatic heterocycles. The Labute approximate surface area is 153 Å². The molecule has 4 nitrogen and oxygen atoms in total. The summed E-state index contributed by atoms with van der Waals surface area (Å²) in [5, 5.41) is 0. The summed E-state index contributed by atoms with van der Waals surface area (Å²) in [7, 11) is 0. The molecule has 2 aromatic rings. The predicted octanol–water partition coefficient (Wildman–Crippen LogP) is 3.85. The van der Waals surface area contributed by atoms with Crippen molar-refractivity contribution in [3.8, 4) is 0 Å². The highest BCUT2D eigenvalue weighted by Crippen LogP contribution is 2.32. The van der Waals surface area contributed by atoms with Crippen LogP contribution in [0.5, 0.6) is 0 Å². The van der Waals surface area contributed by atoms with Crippen molar-refractivity contribution in [2.45, 2.75) is 38.8 Å². The van der Waals surface area contributed by atoms with Gasteiger partial charge in [0.2, 0.25) is 0 Å². The number of nitrogens with zero attached hydrogens (tertiary/aromatic N) is 2. The van der Waals surface area contributed by atoms with Gasteiger partial charge >= 0.3 is 0 Å². The van der Waals surface area contributed by atoms with Crippen molar-refractivity contribution in [2.75, 3.05) is 19.6 Å². The Bertz CT molecular complexity index is 788. The second kappa shape index (κ2) is 7.23. The standard InChI is InChI=1S/C21H25FN2O2/c1-15-7-8-19(26-15)14-23-10-3-5-17-13-24(11-9-20(17)23)21(25)16-4-2-6-18(22)12-16/h2,4,6-8,12,17,20H,3,5,9-11,13-14H2,1H3/t17-,20+/m1/s1. The van der Waals surface area contributed by atoms with Crippen LogP contribution < -0.4 is 0 Å². The zero-order chi connectivity index (χ0) is 18.1. The third-order valence-corrected chi connectivity index (χ3v) is 5.70. The molecule has 0 spiro atoms. The maximum absolute atomic E-state index is 13.4. The first-order chi connectivity index (χ1) is 12.6. The molecule has 138 valence electrons. The van der Waals surface area contributed by atoms with Gasteiger partial charge in [0.15, 0.2) is 0 Å². The summed E-state index contributed by atoms with van der Waals surface area (Å²) >= 11 is 0. The van der Waals surface area contributed by atoms with Gasteiger partial charge in [-0.3, -0.25) is 9.69 Å². The van der Waals surface area contributed by atoms with Crippen LogP contribution in [-0.4, -0.2) is 41.4 Å². The molecule has 2 aliphatic rings. The number of rotatable bonds is 3. The summed E-state index contributed by atoms with van der Waals surface area (Å²) < 4.78 is 19.2. The van der Waals surface area contributed by atoms with Crippen molar-refractivity contribution >= 4 is 5.91 Å². The molecule has 0 bridgehead atoms. The van der Waals surface area contributed by atoms with E-state index in [-0.39, 0.29) is 11.7 Å². The largest absolute Gasteiger partial charge is 0.465 e. The number of hydrogen-bond acceptors (Lipinski definition) is 3. The first-order valence-electron chi connectivity index (χ1n) is 9.44. The fourth-order valence-electron chi connectivity index (χ4n) is 4.46. The minimum atomic E-state index is -0.358. The smallest absolute Gasteiger partial charge is 0.253 e. The first kappa shape index (κ1) is 17.3. The van der Waals surface area contributed by atoms with E-state index in [0.29, 0.717) is 17.5 Å². The van der Waals surface area contributed by atoms with Gasteiger partial charge < -0.3 is 9.32 Å². The summed E-state index contributed by atoms with van der Waals surface area (Å²) in [5.74, 6) is 2.03. The SMILES string of the molecule is Cc1ccc(CN2CCC[C@@H]3CN(C(=O)c4cccc(F)c4)CC[C@@H]32)o1. The van der Waals surface area contributed by atoms with Gasteiger partial charge in [0.25, 0.3) is 5.91 Å². The molecule has 5 heteroatoms. The number of piperidine rings is 2. The van der Waals surface area contributed by atoms with Crippen LogP contribution in [0.2, 0.25) is 0 Å². The van der Waals surface area contributed by atoms with Crippen molar-refractivity contribution in [2.24, 2.45) is 5.92 Å². The van der Waals surface area contributed by atoms with E-state index in [0.717, 1.165) is 57.0 Å². The molecule has 0 radical (unpaired) electrons.